The van der Waals surface area contributed by atoms with Gasteiger partial charge in [-0.15, -0.1) is 24.0 Å². The normalized spacial score (nSPS) is 14.4. The molecule has 0 aliphatic rings. The summed E-state index contributed by atoms with van der Waals surface area (Å²) < 4.78 is 0. The third kappa shape index (κ3) is 8.30. The fraction of sp³-hybridized carbons (Fsp3) is 0.667. The van der Waals surface area contributed by atoms with E-state index in [1.807, 2.05) is 23.8 Å². The van der Waals surface area contributed by atoms with Gasteiger partial charge in [0.15, 0.2) is 5.96 Å². The van der Waals surface area contributed by atoms with Crippen molar-refractivity contribution < 1.29 is 5.11 Å². The third-order valence-corrected chi connectivity index (χ3v) is 3.79. The lowest BCUT2D eigenvalue weighted by Crippen LogP contribution is -2.39. The average Bonchev–Trinajstić information content (AvgIpc) is 2.95. The van der Waals surface area contributed by atoms with Crippen molar-refractivity contribution in [2.45, 2.75) is 25.9 Å². The zero-order valence-electron chi connectivity index (χ0n) is 13.9. The second-order valence-corrected chi connectivity index (χ2v) is 6.34. The highest BCUT2D eigenvalue weighted by molar-refractivity contribution is 14.0. The van der Waals surface area contributed by atoms with E-state index in [0.29, 0.717) is 6.54 Å². The number of guanidine groups is 1. The molecule has 0 amide bonds. The van der Waals surface area contributed by atoms with E-state index in [4.69, 9.17) is 0 Å². The molecule has 1 rings (SSSR count). The van der Waals surface area contributed by atoms with Crippen molar-refractivity contribution in [3.8, 4) is 0 Å². The molecular formula is C15H29IN4OS. The first-order chi connectivity index (χ1) is 9.95. The molecule has 0 radical (unpaired) electrons. The van der Waals surface area contributed by atoms with Crippen LogP contribution >= 0.6 is 35.3 Å². The Balaban J connectivity index is 0.00000441. The van der Waals surface area contributed by atoms with Gasteiger partial charge in [0.2, 0.25) is 0 Å². The number of aliphatic imine (C=N–C) groups is 1. The minimum absolute atomic E-state index is 0. The van der Waals surface area contributed by atoms with Gasteiger partial charge in [-0.1, -0.05) is 0 Å². The van der Waals surface area contributed by atoms with E-state index in [1.54, 1.807) is 18.3 Å². The summed E-state index contributed by atoms with van der Waals surface area (Å²) in [5.74, 6) is 0.756. The van der Waals surface area contributed by atoms with Crippen LogP contribution in [0.15, 0.2) is 21.8 Å². The molecule has 0 saturated carbocycles. The van der Waals surface area contributed by atoms with Crippen LogP contribution in [0.5, 0.6) is 0 Å². The number of halogens is 1. The lowest BCUT2D eigenvalue weighted by atomic mass is 10.00. The van der Waals surface area contributed by atoms with Gasteiger partial charge < -0.3 is 20.6 Å². The highest BCUT2D eigenvalue weighted by Crippen LogP contribution is 2.23. The average molecular weight is 440 g/mol. The maximum absolute atomic E-state index is 10.5. The number of hydrogen-bond acceptors (Lipinski definition) is 4. The molecule has 0 fully saturated rings. The van der Waals surface area contributed by atoms with E-state index in [-0.39, 0.29) is 24.0 Å². The van der Waals surface area contributed by atoms with E-state index in [0.717, 1.165) is 37.6 Å². The van der Waals surface area contributed by atoms with Gasteiger partial charge in [0, 0.05) is 13.1 Å². The molecule has 1 atom stereocenters. The molecule has 0 bridgehead atoms. The molecule has 1 aromatic heterocycles. The zero-order valence-corrected chi connectivity index (χ0v) is 17.1. The summed E-state index contributed by atoms with van der Waals surface area (Å²) >= 11 is 1.59. The van der Waals surface area contributed by atoms with E-state index in [9.17, 15) is 5.11 Å². The fourth-order valence-electron chi connectivity index (χ4n) is 1.84. The van der Waals surface area contributed by atoms with Gasteiger partial charge in [0.1, 0.15) is 5.60 Å². The third-order valence-electron chi connectivity index (χ3n) is 3.11. The van der Waals surface area contributed by atoms with Gasteiger partial charge in [0.25, 0.3) is 0 Å². The number of aliphatic hydroxyl groups is 1. The van der Waals surface area contributed by atoms with Crippen LogP contribution < -0.4 is 10.6 Å². The second kappa shape index (κ2) is 11.2. The van der Waals surface area contributed by atoms with Crippen molar-refractivity contribution in [1.82, 2.24) is 15.5 Å². The Kier molecular flexibility index (Phi) is 11.0. The van der Waals surface area contributed by atoms with Crippen LogP contribution in [0.3, 0.4) is 0 Å². The molecule has 22 heavy (non-hydrogen) atoms. The van der Waals surface area contributed by atoms with E-state index >= 15 is 0 Å². The summed E-state index contributed by atoms with van der Waals surface area (Å²) in [6.45, 7) is 6.89. The van der Waals surface area contributed by atoms with Crippen molar-refractivity contribution in [2.75, 3.05) is 40.3 Å². The van der Waals surface area contributed by atoms with Crippen molar-refractivity contribution in [3.05, 3.63) is 22.4 Å². The van der Waals surface area contributed by atoms with Crippen LogP contribution in [0, 0.1) is 0 Å². The Morgan fingerprint density at radius 3 is 2.68 bits per heavy atom. The van der Waals surface area contributed by atoms with Crippen molar-refractivity contribution >= 4 is 41.3 Å². The summed E-state index contributed by atoms with van der Waals surface area (Å²) in [7, 11) is 4.13. The molecule has 0 aromatic carbocycles. The Bertz CT molecular complexity index is 421. The first-order valence-electron chi connectivity index (χ1n) is 7.37. The Hall–Kier alpha value is -0.380. The maximum atomic E-state index is 10.5. The molecule has 1 unspecified atom stereocenters. The summed E-state index contributed by atoms with van der Waals surface area (Å²) in [6, 6.07) is 1.94. The highest BCUT2D eigenvalue weighted by Gasteiger charge is 2.23. The number of rotatable bonds is 8. The summed E-state index contributed by atoms with van der Waals surface area (Å²) in [5, 5.41) is 20.9. The predicted octanol–water partition coefficient (Wildman–Crippen LogP) is 2.08. The Morgan fingerprint density at radius 2 is 2.14 bits per heavy atom. The lowest BCUT2D eigenvalue weighted by Gasteiger charge is -2.21. The van der Waals surface area contributed by atoms with Gasteiger partial charge in [-0.05, 0) is 63.3 Å². The lowest BCUT2D eigenvalue weighted by molar-refractivity contribution is 0.0677. The number of thiophene rings is 1. The smallest absolute Gasteiger partial charge is 0.191 e. The van der Waals surface area contributed by atoms with E-state index < -0.39 is 5.60 Å². The van der Waals surface area contributed by atoms with E-state index in [1.165, 1.54) is 0 Å². The molecule has 1 heterocycles. The molecule has 0 saturated heterocycles. The molecule has 1 aromatic rings. The Labute approximate surface area is 155 Å². The highest BCUT2D eigenvalue weighted by atomic mass is 127. The van der Waals surface area contributed by atoms with Crippen LogP contribution in [0.1, 0.15) is 25.8 Å². The second-order valence-electron chi connectivity index (χ2n) is 5.56. The Morgan fingerprint density at radius 1 is 1.41 bits per heavy atom. The first kappa shape index (κ1) is 21.6. The van der Waals surface area contributed by atoms with Gasteiger partial charge in [-0.3, -0.25) is 0 Å². The monoisotopic (exact) mass is 440 g/mol. The summed E-state index contributed by atoms with van der Waals surface area (Å²) in [6.07, 6.45) is 1.05. The molecule has 128 valence electrons. The van der Waals surface area contributed by atoms with Crippen LogP contribution in [0.4, 0.5) is 0 Å². The quantitative estimate of drug-likeness (QED) is 0.251. The molecule has 0 aliphatic heterocycles. The predicted molar refractivity (Wildman–Crippen MR) is 106 cm³/mol. The minimum Gasteiger partial charge on any atom is -0.383 e. The van der Waals surface area contributed by atoms with Crippen LogP contribution in [-0.4, -0.2) is 56.2 Å². The molecule has 0 aliphatic carbocycles. The largest absolute Gasteiger partial charge is 0.383 e. The van der Waals surface area contributed by atoms with Gasteiger partial charge >= 0.3 is 0 Å². The SMILES string of the molecule is CCNC(=NCC(C)(O)c1ccsc1)NCCCN(C)C.I. The summed E-state index contributed by atoms with van der Waals surface area (Å²) in [4.78, 5) is 6.65. The molecule has 3 N–H and O–H groups in total. The molecular weight excluding hydrogens is 411 g/mol. The minimum atomic E-state index is -0.925. The standard InChI is InChI=1S/C15H28N4OS.HI/c1-5-16-14(17-8-6-9-19(3)4)18-12-15(2,20)13-7-10-21-11-13;/h7,10-11,20H,5-6,8-9,12H2,1-4H3,(H2,16,17,18);1H. The van der Waals surface area contributed by atoms with Gasteiger partial charge in [-0.2, -0.15) is 11.3 Å². The van der Waals surface area contributed by atoms with Crippen molar-refractivity contribution in [2.24, 2.45) is 4.99 Å². The molecule has 7 heteroatoms. The zero-order chi connectivity index (χ0) is 15.7. The maximum Gasteiger partial charge on any atom is 0.191 e. The van der Waals surface area contributed by atoms with Crippen molar-refractivity contribution in [3.63, 3.8) is 0 Å². The van der Waals surface area contributed by atoms with Crippen LogP contribution in [0.2, 0.25) is 0 Å². The van der Waals surface area contributed by atoms with Crippen molar-refractivity contribution in [1.29, 1.82) is 0 Å². The molecule has 0 spiro atoms. The van der Waals surface area contributed by atoms with E-state index in [2.05, 4.69) is 34.6 Å². The topological polar surface area (TPSA) is 59.9 Å². The number of hydrogen-bond donors (Lipinski definition) is 3. The number of nitrogens with zero attached hydrogens (tertiary/aromatic N) is 2. The number of nitrogens with one attached hydrogen (secondary N) is 2. The first-order valence-corrected chi connectivity index (χ1v) is 8.32. The molecule has 5 nitrogen and oxygen atoms in total. The summed E-state index contributed by atoms with van der Waals surface area (Å²) in [5.41, 5.74) is -0.00822. The van der Waals surface area contributed by atoms with Crippen LogP contribution in [0.25, 0.3) is 0 Å². The van der Waals surface area contributed by atoms with Gasteiger partial charge in [0.05, 0.1) is 6.54 Å². The van der Waals surface area contributed by atoms with Crippen LogP contribution in [-0.2, 0) is 5.60 Å². The fourth-order valence-corrected chi connectivity index (χ4v) is 2.62. The van der Waals surface area contributed by atoms with Gasteiger partial charge in [-0.25, -0.2) is 4.99 Å².